The van der Waals surface area contributed by atoms with Gasteiger partial charge >= 0.3 is 6.09 Å². The molecule has 2 aromatic carbocycles. The SMILES string of the molecule is CC(C)(C)OC(=O)N1CC[C@@H](n2nc(-c3ccc(OCc4ccccc4)cc3)c3cnccc32)C1. The normalized spacial score (nSPS) is 16.0. The number of likely N-dealkylation sites (tertiary alicyclic amines) is 1. The smallest absolute Gasteiger partial charge is 0.410 e. The quantitative estimate of drug-likeness (QED) is 0.365. The highest BCUT2D eigenvalue weighted by molar-refractivity contribution is 5.92. The van der Waals surface area contributed by atoms with Crippen LogP contribution in [0, 0.1) is 0 Å². The molecule has 1 aliphatic heterocycles. The van der Waals surface area contributed by atoms with E-state index < -0.39 is 5.60 Å². The summed E-state index contributed by atoms with van der Waals surface area (Å²) in [4.78, 5) is 18.7. The summed E-state index contributed by atoms with van der Waals surface area (Å²) in [6.45, 7) is 7.40. The van der Waals surface area contributed by atoms with Crippen LogP contribution in [0.2, 0.25) is 0 Å². The first-order valence-corrected chi connectivity index (χ1v) is 11.9. The number of carbonyl (C=O) groups excluding carboxylic acids is 1. The van der Waals surface area contributed by atoms with E-state index in [0.717, 1.165) is 39.9 Å². The van der Waals surface area contributed by atoms with E-state index in [1.165, 1.54) is 0 Å². The average molecular weight is 471 g/mol. The first-order valence-electron chi connectivity index (χ1n) is 11.9. The van der Waals surface area contributed by atoms with Gasteiger partial charge in [0.25, 0.3) is 0 Å². The molecular weight excluding hydrogens is 440 g/mol. The van der Waals surface area contributed by atoms with Crippen LogP contribution in [0.5, 0.6) is 5.75 Å². The summed E-state index contributed by atoms with van der Waals surface area (Å²) >= 11 is 0. The maximum Gasteiger partial charge on any atom is 0.410 e. The summed E-state index contributed by atoms with van der Waals surface area (Å²) in [7, 11) is 0. The molecule has 0 unspecified atom stereocenters. The molecule has 1 fully saturated rings. The topological polar surface area (TPSA) is 69.5 Å². The lowest BCUT2D eigenvalue weighted by atomic mass is 10.1. The lowest BCUT2D eigenvalue weighted by molar-refractivity contribution is 0.0288. The molecule has 35 heavy (non-hydrogen) atoms. The summed E-state index contributed by atoms with van der Waals surface area (Å²) in [5.41, 5.74) is 3.50. The Kier molecular flexibility index (Phi) is 6.16. The van der Waals surface area contributed by atoms with Crippen molar-refractivity contribution in [3.8, 4) is 17.0 Å². The molecule has 7 heteroatoms. The molecule has 0 spiro atoms. The van der Waals surface area contributed by atoms with Crippen molar-refractivity contribution < 1.29 is 14.3 Å². The van der Waals surface area contributed by atoms with Gasteiger partial charge in [0, 0.05) is 36.4 Å². The summed E-state index contributed by atoms with van der Waals surface area (Å²) in [6.07, 6.45) is 4.19. The number of hydrogen-bond acceptors (Lipinski definition) is 5. The van der Waals surface area contributed by atoms with Crippen molar-refractivity contribution in [2.45, 2.75) is 45.4 Å². The van der Waals surface area contributed by atoms with E-state index in [4.69, 9.17) is 14.6 Å². The van der Waals surface area contributed by atoms with Gasteiger partial charge in [-0.3, -0.25) is 9.67 Å². The molecule has 4 aromatic rings. The number of pyridine rings is 1. The number of carbonyl (C=O) groups is 1. The molecule has 2 aromatic heterocycles. The third-order valence-corrected chi connectivity index (χ3v) is 6.04. The van der Waals surface area contributed by atoms with E-state index in [1.54, 1.807) is 11.1 Å². The summed E-state index contributed by atoms with van der Waals surface area (Å²) in [5, 5.41) is 5.98. The van der Waals surface area contributed by atoms with Crippen molar-refractivity contribution >= 4 is 17.0 Å². The zero-order valence-electron chi connectivity index (χ0n) is 20.3. The number of hydrogen-bond donors (Lipinski definition) is 0. The van der Waals surface area contributed by atoms with E-state index >= 15 is 0 Å². The van der Waals surface area contributed by atoms with Crippen LogP contribution >= 0.6 is 0 Å². The Morgan fingerprint density at radius 2 is 1.83 bits per heavy atom. The Bertz CT molecular complexity index is 1310. The number of amides is 1. The first-order chi connectivity index (χ1) is 16.9. The van der Waals surface area contributed by atoms with E-state index in [2.05, 4.69) is 4.98 Å². The van der Waals surface area contributed by atoms with Crippen molar-refractivity contribution in [2.75, 3.05) is 13.1 Å². The van der Waals surface area contributed by atoms with Gasteiger partial charge < -0.3 is 14.4 Å². The second kappa shape index (κ2) is 9.41. The van der Waals surface area contributed by atoms with Gasteiger partial charge in [0.2, 0.25) is 0 Å². The number of fused-ring (bicyclic) bond motifs is 1. The summed E-state index contributed by atoms with van der Waals surface area (Å²) in [5.74, 6) is 0.809. The number of aromatic nitrogens is 3. The molecule has 1 aliphatic rings. The molecule has 180 valence electrons. The average Bonchev–Trinajstić information content (AvgIpc) is 3.48. The fourth-order valence-electron chi connectivity index (χ4n) is 4.36. The Morgan fingerprint density at radius 1 is 1.06 bits per heavy atom. The molecule has 1 amide bonds. The van der Waals surface area contributed by atoms with Gasteiger partial charge in [-0.25, -0.2) is 4.79 Å². The number of rotatable bonds is 5. The van der Waals surface area contributed by atoms with Crippen LogP contribution < -0.4 is 4.74 Å². The molecule has 0 radical (unpaired) electrons. The van der Waals surface area contributed by atoms with Crippen LogP contribution in [0.15, 0.2) is 73.1 Å². The molecule has 7 nitrogen and oxygen atoms in total. The molecule has 0 aliphatic carbocycles. The van der Waals surface area contributed by atoms with Crippen molar-refractivity contribution in [3.05, 3.63) is 78.6 Å². The Hall–Kier alpha value is -3.87. The van der Waals surface area contributed by atoms with Crippen LogP contribution in [0.25, 0.3) is 22.2 Å². The minimum Gasteiger partial charge on any atom is -0.489 e. The molecule has 3 heterocycles. The van der Waals surface area contributed by atoms with Crippen LogP contribution in [-0.2, 0) is 11.3 Å². The first kappa shape index (κ1) is 22.9. The maximum atomic E-state index is 12.6. The van der Waals surface area contributed by atoms with Crippen LogP contribution in [0.3, 0.4) is 0 Å². The standard InChI is InChI=1S/C28H30N4O3/c1-28(2,3)35-27(33)31-16-14-22(18-31)32-25-13-15-29-17-24(25)26(30-32)21-9-11-23(12-10-21)34-19-20-7-5-4-6-8-20/h4-13,15,17,22H,14,16,18-19H2,1-3H3/t22-/m1/s1. The lowest BCUT2D eigenvalue weighted by Crippen LogP contribution is -2.35. The van der Waals surface area contributed by atoms with Crippen LogP contribution in [-0.4, -0.2) is 44.4 Å². The Balaban J connectivity index is 1.35. The van der Waals surface area contributed by atoms with E-state index in [0.29, 0.717) is 19.7 Å². The second-order valence-electron chi connectivity index (χ2n) is 9.85. The van der Waals surface area contributed by atoms with Gasteiger partial charge in [-0.2, -0.15) is 5.10 Å². The molecule has 0 saturated carbocycles. The molecule has 1 saturated heterocycles. The number of ether oxygens (including phenoxy) is 2. The zero-order valence-corrected chi connectivity index (χ0v) is 20.3. The van der Waals surface area contributed by atoms with Gasteiger partial charge in [-0.15, -0.1) is 0 Å². The number of benzene rings is 2. The molecule has 0 bridgehead atoms. The van der Waals surface area contributed by atoms with E-state index in [1.807, 2.05) is 92.3 Å². The highest BCUT2D eigenvalue weighted by atomic mass is 16.6. The van der Waals surface area contributed by atoms with E-state index in [-0.39, 0.29) is 12.1 Å². The zero-order chi connectivity index (χ0) is 24.4. The summed E-state index contributed by atoms with van der Waals surface area (Å²) < 4.78 is 13.5. The Labute approximate surface area is 205 Å². The summed E-state index contributed by atoms with van der Waals surface area (Å²) in [6, 6.07) is 20.2. The largest absolute Gasteiger partial charge is 0.489 e. The van der Waals surface area contributed by atoms with Gasteiger partial charge in [-0.05, 0) is 63.1 Å². The second-order valence-corrected chi connectivity index (χ2v) is 9.85. The predicted octanol–water partition coefficient (Wildman–Crippen LogP) is 5.86. The Morgan fingerprint density at radius 3 is 2.57 bits per heavy atom. The van der Waals surface area contributed by atoms with Crippen LogP contribution in [0.4, 0.5) is 4.79 Å². The minimum absolute atomic E-state index is 0.0784. The highest BCUT2D eigenvalue weighted by Crippen LogP contribution is 2.33. The fraction of sp³-hybridized carbons (Fsp3) is 0.321. The van der Waals surface area contributed by atoms with Crippen molar-refractivity contribution in [3.63, 3.8) is 0 Å². The molecule has 5 rings (SSSR count). The number of nitrogens with zero attached hydrogens (tertiary/aromatic N) is 4. The van der Waals surface area contributed by atoms with Crippen LogP contribution in [0.1, 0.15) is 38.8 Å². The monoisotopic (exact) mass is 470 g/mol. The molecule has 1 atom stereocenters. The predicted molar refractivity (Wildman–Crippen MR) is 135 cm³/mol. The van der Waals surface area contributed by atoms with Gasteiger partial charge in [0.15, 0.2) is 0 Å². The molecular formula is C28H30N4O3. The van der Waals surface area contributed by atoms with E-state index in [9.17, 15) is 4.79 Å². The lowest BCUT2D eigenvalue weighted by Gasteiger charge is -2.24. The van der Waals surface area contributed by atoms with Crippen molar-refractivity contribution in [2.24, 2.45) is 0 Å². The third kappa shape index (κ3) is 5.14. The third-order valence-electron chi connectivity index (χ3n) is 6.04. The molecule has 0 N–H and O–H groups in total. The fourth-order valence-corrected chi connectivity index (χ4v) is 4.36. The maximum absolute atomic E-state index is 12.6. The van der Waals surface area contributed by atoms with Gasteiger partial charge in [0.05, 0.1) is 11.6 Å². The van der Waals surface area contributed by atoms with Gasteiger partial charge in [0.1, 0.15) is 23.7 Å². The van der Waals surface area contributed by atoms with Crippen molar-refractivity contribution in [1.82, 2.24) is 19.7 Å². The van der Waals surface area contributed by atoms with Crippen molar-refractivity contribution in [1.29, 1.82) is 0 Å². The van der Waals surface area contributed by atoms with Gasteiger partial charge in [-0.1, -0.05) is 30.3 Å². The minimum atomic E-state index is -0.511. The highest BCUT2D eigenvalue weighted by Gasteiger charge is 2.32.